The van der Waals surface area contributed by atoms with Crippen molar-refractivity contribution in [2.75, 3.05) is 4.90 Å². The Balaban J connectivity index is 1.23. The van der Waals surface area contributed by atoms with E-state index in [0.29, 0.717) is 5.92 Å². The Morgan fingerprint density at radius 2 is 1.16 bits per heavy atom. The van der Waals surface area contributed by atoms with Gasteiger partial charge < -0.3 is 4.90 Å². The van der Waals surface area contributed by atoms with Gasteiger partial charge in [0.25, 0.3) is 0 Å². The molecule has 4 atom stereocenters. The van der Waals surface area contributed by atoms with Crippen molar-refractivity contribution in [3.05, 3.63) is 138 Å². The normalized spacial score (nSPS) is 25.7. The van der Waals surface area contributed by atoms with Crippen LogP contribution in [0.2, 0.25) is 0 Å². The van der Waals surface area contributed by atoms with Gasteiger partial charge in [0.05, 0.1) is 0 Å². The summed E-state index contributed by atoms with van der Waals surface area (Å²) in [6.45, 7) is 12.2. The smallest absolute Gasteiger partial charge is 0.0465 e. The average molecular weight is 660 g/mol. The number of anilines is 3. The molecule has 0 aromatic heterocycles. The Hall–Kier alpha value is -3.75. The molecule has 49 heavy (non-hydrogen) atoms. The Kier molecular flexibility index (Phi) is 7.26. The third-order valence-electron chi connectivity index (χ3n) is 13.1. The molecule has 1 heterocycles. The highest BCUT2D eigenvalue weighted by molar-refractivity contribution is 7.99. The second-order valence-electron chi connectivity index (χ2n) is 17.0. The summed E-state index contributed by atoms with van der Waals surface area (Å²) in [6, 6.07) is 44.3. The molecule has 4 unspecified atom stereocenters. The van der Waals surface area contributed by atoms with Crippen LogP contribution in [0.15, 0.2) is 125 Å². The number of hydrogen-bond donors (Lipinski definition) is 0. The zero-order valence-corrected chi connectivity index (χ0v) is 30.6. The van der Waals surface area contributed by atoms with Crippen molar-refractivity contribution in [1.29, 1.82) is 0 Å². The fraction of sp³-hybridized carbons (Fsp3) is 0.362. The lowest BCUT2D eigenvalue weighted by molar-refractivity contribution is 0.325. The topological polar surface area (TPSA) is 3.24 Å². The predicted octanol–water partition coefficient (Wildman–Crippen LogP) is 13.4. The van der Waals surface area contributed by atoms with Crippen LogP contribution in [0.5, 0.6) is 0 Å². The van der Waals surface area contributed by atoms with Crippen molar-refractivity contribution in [3.8, 4) is 11.1 Å². The van der Waals surface area contributed by atoms with E-state index >= 15 is 0 Å². The Bertz CT molecular complexity index is 2040. The summed E-state index contributed by atoms with van der Waals surface area (Å²) in [6.07, 6.45) is 7.77. The molecule has 9 rings (SSSR count). The summed E-state index contributed by atoms with van der Waals surface area (Å²) < 4.78 is 0. The highest BCUT2D eigenvalue weighted by Crippen LogP contribution is 2.65. The van der Waals surface area contributed by atoms with Gasteiger partial charge in [-0.2, -0.15) is 0 Å². The first kappa shape index (κ1) is 31.2. The van der Waals surface area contributed by atoms with Crippen LogP contribution in [-0.4, -0.2) is 0 Å². The lowest BCUT2D eigenvalue weighted by Crippen LogP contribution is -2.36. The van der Waals surface area contributed by atoms with E-state index in [-0.39, 0.29) is 16.2 Å². The van der Waals surface area contributed by atoms with Gasteiger partial charge in [-0.25, -0.2) is 0 Å². The van der Waals surface area contributed by atoms with Crippen LogP contribution in [0.3, 0.4) is 0 Å². The van der Waals surface area contributed by atoms with Gasteiger partial charge >= 0.3 is 0 Å². The Morgan fingerprint density at radius 1 is 0.551 bits per heavy atom. The molecule has 5 aromatic carbocycles. The number of hydrogen-bond acceptors (Lipinski definition) is 2. The van der Waals surface area contributed by atoms with Gasteiger partial charge in [0.2, 0.25) is 0 Å². The van der Waals surface area contributed by atoms with Crippen LogP contribution in [-0.2, 0) is 16.2 Å². The molecule has 4 aliphatic rings. The van der Waals surface area contributed by atoms with E-state index in [9.17, 15) is 0 Å². The van der Waals surface area contributed by atoms with Gasteiger partial charge in [0.15, 0.2) is 0 Å². The molecule has 0 N–H and O–H groups in total. The zero-order chi connectivity index (χ0) is 33.5. The van der Waals surface area contributed by atoms with E-state index in [1.165, 1.54) is 87.6 Å². The van der Waals surface area contributed by atoms with E-state index in [1.807, 2.05) is 11.8 Å². The second-order valence-corrected chi connectivity index (χ2v) is 18.1. The number of benzene rings is 5. The highest BCUT2D eigenvalue weighted by Gasteiger charge is 2.56. The van der Waals surface area contributed by atoms with E-state index in [4.69, 9.17) is 0 Å². The first-order valence-corrected chi connectivity index (χ1v) is 19.5. The maximum absolute atomic E-state index is 2.61. The van der Waals surface area contributed by atoms with Crippen molar-refractivity contribution in [2.45, 2.75) is 99.2 Å². The highest BCUT2D eigenvalue weighted by atomic mass is 32.2. The molecule has 1 nitrogen and oxygen atoms in total. The van der Waals surface area contributed by atoms with Crippen molar-refractivity contribution in [1.82, 2.24) is 0 Å². The van der Waals surface area contributed by atoms with Crippen molar-refractivity contribution in [2.24, 2.45) is 17.8 Å². The first-order valence-electron chi connectivity index (χ1n) is 18.7. The minimum atomic E-state index is 0.0906. The van der Waals surface area contributed by atoms with Gasteiger partial charge in [0, 0.05) is 32.3 Å². The van der Waals surface area contributed by atoms with Gasteiger partial charge in [-0.1, -0.05) is 113 Å². The summed E-state index contributed by atoms with van der Waals surface area (Å²) in [7, 11) is 0. The fourth-order valence-corrected chi connectivity index (χ4v) is 11.7. The number of nitrogens with zero attached hydrogens (tertiary/aromatic N) is 1. The lowest BCUT2D eigenvalue weighted by atomic mass is 9.63. The summed E-state index contributed by atoms with van der Waals surface area (Å²) in [5.41, 5.74) is 12.8. The third-order valence-corrected chi connectivity index (χ3v) is 14.2. The molecule has 2 heteroatoms. The van der Waals surface area contributed by atoms with E-state index < -0.39 is 0 Å². The maximum Gasteiger partial charge on any atom is 0.0465 e. The fourth-order valence-electron chi connectivity index (χ4n) is 10.5. The van der Waals surface area contributed by atoms with Gasteiger partial charge in [0.1, 0.15) is 0 Å². The second kappa shape index (κ2) is 11.4. The van der Waals surface area contributed by atoms with Crippen LogP contribution in [0.25, 0.3) is 11.1 Å². The van der Waals surface area contributed by atoms with Crippen LogP contribution in [0.1, 0.15) is 95.4 Å². The molecule has 2 saturated carbocycles. The summed E-state index contributed by atoms with van der Waals surface area (Å²) in [5, 5.41) is 0. The summed E-state index contributed by atoms with van der Waals surface area (Å²) in [5.74, 6) is 2.35. The molecule has 5 aromatic rings. The van der Waals surface area contributed by atoms with Gasteiger partial charge in [-0.05, 0) is 149 Å². The first-order chi connectivity index (χ1) is 23.6. The lowest BCUT2D eigenvalue weighted by Gasteiger charge is -2.43. The Labute approximate surface area is 298 Å². The molecule has 0 bridgehead atoms. The molecule has 3 aliphatic carbocycles. The predicted molar refractivity (Wildman–Crippen MR) is 208 cm³/mol. The van der Waals surface area contributed by atoms with Crippen LogP contribution >= 0.6 is 11.8 Å². The largest absolute Gasteiger partial charge is 0.310 e. The molecule has 1 aliphatic heterocycles. The minimum absolute atomic E-state index is 0.0906. The van der Waals surface area contributed by atoms with E-state index in [0.717, 1.165) is 11.8 Å². The summed E-state index contributed by atoms with van der Waals surface area (Å²) >= 11 is 1.99. The molecular formula is C47H49NS. The van der Waals surface area contributed by atoms with Crippen molar-refractivity contribution >= 4 is 28.8 Å². The van der Waals surface area contributed by atoms with E-state index in [2.05, 4.69) is 155 Å². The number of rotatable bonds is 4. The average Bonchev–Trinajstić information content (AvgIpc) is 3.66. The van der Waals surface area contributed by atoms with Crippen LogP contribution < -0.4 is 4.90 Å². The summed E-state index contributed by atoms with van der Waals surface area (Å²) in [4.78, 5) is 5.47. The van der Waals surface area contributed by atoms with Gasteiger partial charge in [-0.3, -0.25) is 0 Å². The quantitative estimate of drug-likeness (QED) is 0.189. The molecular weight excluding hydrogens is 611 g/mol. The van der Waals surface area contributed by atoms with Crippen LogP contribution in [0, 0.1) is 17.8 Å². The monoisotopic (exact) mass is 659 g/mol. The van der Waals surface area contributed by atoms with Crippen molar-refractivity contribution < 1.29 is 0 Å². The Morgan fingerprint density at radius 3 is 1.94 bits per heavy atom. The molecule has 0 amide bonds. The number of fused-ring (bicyclic) bond motifs is 7. The molecule has 0 saturated heterocycles. The molecule has 248 valence electrons. The van der Waals surface area contributed by atoms with Crippen molar-refractivity contribution in [3.63, 3.8) is 0 Å². The van der Waals surface area contributed by atoms with Gasteiger partial charge in [-0.15, -0.1) is 0 Å². The van der Waals surface area contributed by atoms with Crippen LogP contribution in [0.4, 0.5) is 17.1 Å². The third kappa shape index (κ3) is 4.96. The SMILES string of the molecule is CC1CC2CCC3(c4ccccc4Sc4ccc(N(c5ccc(-c6ccccc6)cc5)c5ccc6c(c5)C(C)(C)CCC6(C)C)cc43)C2C1. The maximum atomic E-state index is 2.61. The zero-order valence-electron chi connectivity index (χ0n) is 29.8. The standard InChI is InChI=1S/C47H49NS/c1-31-27-34-23-24-47(40(34)28-31)39-13-9-10-14-43(39)49-44-22-20-37(30-42(44)47)48(35-17-15-33(16-18-35)32-11-7-6-8-12-32)36-19-21-38-41(29-36)46(4,5)26-25-45(38,2)3/h6-22,29-31,34,40H,23-28H2,1-5H3. The van der Waals surface area contributed by atoms with E-state index in [1.54, 1.807) is 11.1 Å². The molecule has 0 radical (unpaired) electrons. The minimum Gasteiger partial charge on any atom is -0.310 e. The molecule has 1 spiro atoms. The molecule has 2 fully saturated rings.